The number of sulfonamides is 1. The summed E-state index contributed by atoms with van der Waals surface area (Å²) in [5.74, 6) is -0.363. The van der Waals surface area contributed by atoms with Gasteiger partial charge >= 0.3 is 0 Å². The van der Waals surface area contributed by atoms with E-state index >= 15 is 0 Å². The van der Waals surface area contributed by atoms with E-state index in [1.165, 1.54) is 18.5 Å². The van der Waals surface area contributed by atoms with Crippen molar-refractivity contribution in [3.05, 3.63) is 96.1 Å². The lowest BCUT2D eigenvalue weighted by atomic mass is 10.1. The van der Waals surface area contributed by atoms with Crippen LogP contribution in [0.3, 0.4) is 0 Å². The molecule has 180 valence electrons. The monoisotopic (exact) mass is 498 g/mol. The maximum absolute atomic E-state index is 13.2. The molecule has 5 aromatic rings. The van der Waals surface area contributed by atoms with E-state index in [1.54, 1.807) is 28.9 Å². The van der Waals surface area contributed by atoms with Crippen molar-refractivity contribution in [1.29, 1.82) is 0 Å². The van der Waals surface area contributed by atoms with Crippen LogP contribution in [0, 0.1) is 13.8 Å². The largest absolute Gasteiger partial charge is 0.289 e. The highest BCUT2D eigenvalue weighted by molar-refractivity contribution is 7.89. The minimum absolute atomic E-state index is 0.0319. The molecule has 0 radical (unpaired) electrons. The SMILES string of the molecule is Cc1cc(C(=O)Nc2ncc(-c3ccccc3S(N)(=O)=O)cn2)n(-c2cc3ccccc3cc2C)n1. The van der Waals surface area contributed by atoms with Gasteiger partial charge in [0.05, 0.1) is 16.3 Å². The van der Waals surface area contributed by atoms with Crippen molar-refractivity contribution >= 4 is 32.7 Å². The molecule has 3 aromatic carbocycles. The van der Waals surface area contributed by atoms with Crippen molar-refractivity contribution < 1.29 is 13.2 Å². The fourth-order valence-corrected chi connectivity index (χ4v) is 4.83. The molecule has 2 aromatic heterocycles. The molecular weight excluding hydrogens is 476 g/mol. The minimum Gasteiger partial charge on any atom is -0.289 e. The minimum atomic E-state index is -3.93. The van der Waals surface area contributed by atoms with E-state index in [4.69, 9.17) is 5.14 Å². The number of aromatic nitrogens is 4. The number of carbonyl (C=O) groups excluding carboxylic acids is 1. The highest BCUT2D eigenvalue weighted by atomic mass is 32.2. The molecule has 10 heteroatoms. The molecule has 3 N–H and O–H groups in total. The summed E-state index contributed by atoms with van der Waals surface area (Å²) in [6, 6.07) is 20.1. The van der Waals surface area contributed by atoms with Gasteiger partial charge in [-0.05, 0) is 54.4 Å². The number of anilines is 1. The van der Waals surface area contributed by atoms with Crippen molar-refractivity contribution in [3.8, 4) is 16.8 Å². The number of benzene rings is 3. The predicted molar refractivity (Wildman–Crippen MR) is 137 cm³/mol. The van der Waals surface area contributed by atoms with E-state index in [-0.39, 0.29) is 10.8 Å². The number of primary sulfonamides is 1. The molecule has 0 spiro atoms. The molecule has 0 saturated carbocycles. The Morgan fingerprint density at radius 1 is 0.917 bits per heavy atom. The zero-order chi connectivity index (χ0) is 25.4. The van der Waals surface area contributed by atoms with Crippen molar-refractivity contribution in [2.75, 3.05) is 5.32 Å². The van der Waals surface area contributed by atoms with Crippen molar-refractivity contribution in [2.24, 2.45) is 5.14 Å². The van der Waals surface area contributed by atoms with Crippen LogP contribution in [-0.4, -0.2) is 34.1 Å². The van der Waals surface area contributed by atoms with Gasteiger partial charge in [-0.3, -0.25) is 10.1 Å². The number of nitrogens with zero attached hydrogens (tertiary/aromatic N) is 4. The molecule has 1 amide bonds. The third kappa shape index (κ3) is 4.47. The summed E-state index contributed by atoms with van der Waals surface area (Å²) in [6.07, 6.45) is 2.87. The Hall–Kier alpha value is -4.41. The Labute approximate surface area is 207 Å². The standard InChI is InChI=1S/C26H22N6O3S/c1-16-11-18-7-3-4-8-19(18)13-22(16)32-23(12-17(2)31-32)25(33)30-26-28-14-20(15-29-26)21-9-5-6-10-24(21)36(27,34)35/h3-15H,1-2H3,(H2,27,34,35)(H,28,29,30,33). The summed E-state index contributed by atoms with van der Waals surface area (Å²) in [6.45, 7) is 3.79. The Morgan fingerprint density at radius 3 is 2.25 bits per heavy atom. The number of hydrogen-bond acceptors (Lipinski definition) is 6. The molecule has 0 aliphatic carbocycles. The van der Waals surface area contributed by atoms with Gasteiger partial charge in [0.25, 0.3) is 5.91 Å². The van der Waals surface area contributed by atoms with Gasteiger partial charge in [0, 0.05) is 23.5 Å². The van der Waals surface area contributed by atoms with Crippen LogP contribution in [-0.2, 0) is 10.0 Å². The van der Waals surface area contributed by atoms with Gasteiger partial charge in [0.2, 0.25) is 16.0 Å². The van der Waals surface area contributed by atoms with Gasteiger partial charge in [-0.1, -0.05) is 42.5 Å². The van der Waals surface area contributed by atoms with Crippen LogP contribution < -0.4 is 10.5 Å². The maximum atomic E-state index is 13.2. The van der Waals surface area contributed by atoms with Gasteiger partial charge in [0.1, 0.15) is 5.69 Å². The summed E-state index contributed by atoms with van der Waals surface area (Å²) >= 11 is 0. The number of nitrogens with two attached hydrogens (primary N) is 1. The fourth-order valence-electron chi connectivity index (χ4n) is 4.07. The van der Waals surface area contributed by atoms with Gasteiger partial charge in [-0.2, -0.15) is 5.10 Å². The molecule has 0 atom stereocenters. The molecule has 2 heterocycles. The fraction of sp³-hybridized carbons (Fsp3) is 0.0769. The molecule has 9 nitrogen and oxygen atoms in total. The summed E-state index contributed by atoms with van der Waals surface area (Å²) in [7, 11) is -3.93. The Kier molecular flexibility index (Phi) is 5.83. The molecule has 0 aliphatic rings. The normalized spacial score (nSPS) is 11.5. The molecule has 5 rings (SSSR count). The summed E-state index contributed by atoms with van der Waals surface area (Å²) in [4.78, 5) is 21.6. The number of aryl methyl sites for hydroxylation is 2. The topological polar surface area (TPSA) is 133 Å². The van der Waals surface area contributed by atoms with E-state index in [0.29, 0.717) is 22.5 Å². The first-order valence-electron chi connectivity index (χ1n) is 11.0. The Balaban J connectivity index is 1.45. The highest BCUT2D eigenvalue weighted by Gasteiger charge is 2.19. The number of hydrogen-bond donors (Lipinski definition) is 2. The van der Waals surface area contributed by atoms with E-state index in [0.717, 1.165) is 22.0 Å². The summed E-state index contributed by atoms with van der Waals surface area (Å²) in [5, 5.41) is 14.7. The molecule has 36 heavy (non-hydrogen) atoms. The van der Waals surface area contributed by atoms with Crippen LogP contribution in [0.25, 0.3) is 27.6 Å². The maximum Gasteiger partial charge on any atom is 0.276 e. The lowest BCUT2D eigenvalue weighted by Crippen LogP contribution is -2.19. The number of fused-ring (bicyclic) bond motifs is 1. The zero-order valence-electron chi connectivity index (χ0n) is 19.5. The van der Waals surface area contributed by atoms with Gasteiger partial charge in [-0.15, -0.1) is 0 Å². The average molecular weight is 499 g/mol. The molecule has 0 saturated heterocycles. The zero-order valence-corrected chi connectivity index (χ0v) is 20.3. The van der Waals surface area contributed by atoms with Gasteiger partial charge < -0.3 is 0 Å². The second kappa shape index (κ2) is 8.99. The van der Waals surface area contributed by atoms with Crippen molar-refractivity contribution in [3.63, 3.8) is 0 Å². The van der Waals surface area contributed by atoms with Crippen LogP contribution in [0.5, 0.6) is 0 Å². The van der Waals surface area contributed by atoms with Crippen LogP contribution >= 0.6 is 0 Å². The number of nitrogens with one attached hydrogen (secondary N) is 1. The van der Waals surface area contributed by atoms with E-state index in [9.17, 15) is 13.2 Å². The first kappa shape index (κ1) is 23.3. The Morgan fingerprint density at radius 2 is 1.56 bits per heavy atom. The molecular formula is C26H22N6O3S. The second-order valence-electron chi connectivity index (χ2n) is 8.36. The number of amides is 1. The second-order valence-corrected chi connectivity index (χ2v) is 9.89. The molecule has 0 aliphatic heterocycles. The number of carbonyl (C=O) groups is 1. The highest BCUT2D eigenvalue weighted by Crippen LogP contribution is 2.26. The summed E-state index contributed by atoms with van der Waals surface area (Å²) < 4.78 is 25.4. The van der Waals surface area contributed by atoms with Crippen molar-refractivity contribution in [2.45, 2.75) is 18.7 Å². The predicted octanol–water partition coefficient (Wildman–Crippen LogP) is 4.00. The molecule has 0 unspecified atom stereocenters. The average Bonchev–Trinajstić information content (AvgIpc) is 3.25. The Bertz CT molecular complexity index is 1730. The van der Waals surface area contributed by atoms with Gasteiger partial charge in [-0.25, -0.2) is 28.2 Å². The van der Waals surface area contributed by atoms with E-state index < -0.39 is 15.9 Å². The van der Waals surface area contributed by atoms with E-state index in [1.807, 2.05) is 44.2 Å². The summed E-state index contributed by atoms with van der Waals surface area (Å²) in [5.41, 5.74) is 3.60. The van der Waals surface area contributed by atoms with Crippen LogP contribution in [0.2, 0.25) is 0 Å². The van der Waals surface area contributed by atoms with Crippen molar-refractivity contribution in [1.82, 2.24) is 19.7 Å². The molecule has 0 bridgehead atoms. The lowest BCUT2D eigenvalue weighted by molar-refractivity contribution is 0.101. The van der Waals surface area contributed by atoms with Crippen LogP contribution in [0.15, 0.2) is 84.0 Å². The van der Waals surface area contributed by atoms with Crippen LogP contribution in [0.1, 0.15) is 21.7 Å². The quantitative estimate of drug-likeness (QED) is 0.376. The third-order valence-corrected chi connectivity index (χ3v) is 6.71. The first-order valence-corrected chi connectivity index (χ1v) is 12.6. The lowest BCUT2D eigenvalue weighted by Gasteiger charge is -2.12. The smallest absolute Gasteiger partial charge is 0.276 e. The third-order valence-electron chi connectivity index (χ3n) is 5.74. The van der Waals surface area contributed by atoms with Gasteiger partial charge in [0.15, 0.2) is 0 Å². The molecule has 0 fully saturated rings. The van der Waals surface area contributed by atoms with E-state index in [2.05, 4.69) is 26.4 Å². The number of rotatable bonds is 5. The van der Waals surface area contributed by atoms with Crippen LogP contribution in [0.4, 0.5) is 5.95 Å². The first-order chi connectivity index (χ1) is 17.2.